The molecular formula is C37H39N5O5S. The second kappa shape index (κ2) is 15.7. The van der Waals surface area contributed by atoms with E-state index in [-0.39, 0.29) is 22.6 Å². The van der Waals surface area contributed by atoms with Gasteiger partial charge in [-0.25, -0.2) is 4.79 Å². The summed E-state index contributed by atoms with van der Waals surface area (Å²) in [5.41, 5.74) is 6.03. The van der Waals surface area contributed by atoms with Gasteiger partial charge in [-0.1, -0.05) is 78.1 Å². The predicted molar refractivity (Wildman–Crippen MR) is 191 cm³/mol. The number of H-pyrrole nitrogens is 1. The van der Waals surface area contributed by atoms with Gasteiger partial charge in [0.2, 0.25) is 5.91 Å². The number of thiazole rings is 1. The maximum Gasteiger partial charge on any atom is 0.411 e. The van der Waals surface area contributed by atoms with Crippen molar-refractivity contribution in [1.82, 2.24) is 15.2 Å². The van der Waals surface area contributed by atoms with E-state index in [2.05, 4.69) is 25.8 Å². The monoisotopic (exact) mass is 665 g/mol. The molecule has 0 aliphatic carbocycles. The summed E-state index contributed by atoms with van der Waals surface area (Å²) in [4.78, 5) is 41.8. The van der Waals surface area contributed by atoms with E-state index in [1.165, 1.54) is 0 Å². The number of carbonyl (C=O) groups excluding carboxylic acids is 2. The summed E-state index contributed by atoms with van der Waals surface area (Å²) < 4.78 is 6.53. The Kier molecular flexibility index (Phi) is 10.8. The van der Waals surface area contributed by atoms with E-state index in [0.29, 0.717) is 37.3 Å². The van der Waals surface area contributed by atoms with Gasteiger partial charge in [0.25, 0.3) is 0 Å². The standard InChI is InChI=1S/C37H39N5O5S/c43-32-15-12-27(35-34(32)41-37(46)48-35)16-20-38-24-25-10-13-28(14-11-25)39-33(44)19-23-42-21-17-29(18-22-42)47-36(45)40-31-9-5-4-8-30(31)26-6-2-1-3-7-26/h1-15,29,38,43H,16-24H2,(H,39,44)(H,40,45)(H,41,46). The maximum atomic E-state index is 12.7. The maximum absolute atomic E-state index is 12.7. The van der Waals surface area contributed by atoms with Crippen LogP contribution in [0.1, 0.15) is 30.4 Å². The predicted octanol–water partition coefficient (Wildman–Crippen LogP) is 6.34. The van der Waals surface area contributed by atoms with Crippen LogP contribution in [-0.4, -0.2) is 59.3 Å². The molecule has 10 nitrogen and oxygen atoms in total. The molecule has 2 amide bonds. The SMILES string of the molecule is O=C(CCN1CCC(OC(=O)Nc2ccccc2-c2ccccc2)CC1)Nc1ccc(CNCCc2ccc(O)c3[nH]c(=O)sc23)cc1. The van der Waals surface area contributed by atoms with Crippen molar-refractivity contribution < 1.29 is 19.4 Å². The number of aromatic amines is 1. The number of benzene rings is 4. The number of hydrogen-bond donors (Lipinski definition) is 5. The number of rotatable bonds is 12. The number of carbonyl (C=O) groups is 2. The first-order valence-electron chi connectivity index (χ1n) is 16.2. The first kappa shape index (κ1) is 33.0. The fourth-order valence-electron chi connectivity index (χ4n) is 5.92. The first-order valence-corrected chi connectivity index (χ1v) is 17.0. The number of anilines is 2. The van der Waals surface area contributed by atoms with E-state index in [0.717, 1.165) is 76.3 Å². The average Bonchev–Trinajstić information content (AvgIpc) is 3.51. The molecule has 48 heavy (non-hydrogen) atoms. The van der Waals surface area contributed by atoms with Crippen LogP contribution in [0.25, 0.3) is 21.3 Å². The molecular weight excluding hydrogens is 627 g/mol. The van der Waals surface area contributed by atoms with Crippen molar-refractivity contribution in [2.75, 3.05) is 36.8 Å². The summed E-state index contributed by atoms with van der Waals surface area (Å²) in [5.74, 6) is 0.0469. The highest BCUT2D eigenvalue weighted by Gasteiger charge is 2.23. The molecule has 248 valence electrons. The molecule has 0 spiro atoms. The largest absolute Gasteiger partial charge is 0.506 e. The van der Waals surface area contributed by atoms with Gasteiger partial charge in [-0.05, 0) is 66.8 Å². The zero-order valence-corrected chi connectivity index (χ0v) is 27.4. The highest BCUT2D eigenvalue weighted by molar-refractivity contribution is 7.16. The van der Waals surface area contributed by atoms with E-state index < -0.39 is 6.09 Å². The summed E-state index contributed by atoms with van der Waals surface area (Å²) >= 11 is 1.11. The van der Waals surface area contributed by atoms with Crippen molar-refractivity contribution >= 4 is 44.9 Å². The zero-order valence-electron chi connectivity index (χ0n) is 26.5. The molecule has 1 fully saturated rings. The minimum atomic E-state index is -0.453. The van der Waals surface area contributed by atoms with Crippen LogP contribution in [0.15, 0.2) is 95.8 Å². The lowest BCUT2D eigenvalue weighted by molar-refractivity contribution is -0.116. The van der Waals surface area contributed by atoms with Gasteiger partial charge in [-0.3, -0.25) is 14.9 Å². The van der Waals surface area contributed by atoms with Crippen molar-refractivity contribution in [2.24, 2.45) is 0 Å². The highest BCUT2D eigenvalue weighted by atomic mass is 32.1. The van der Waals surface area contributed by atoms with E-state index in [9.17, 15) is 19.5 Å². The number of likely N-dealkylation sites (tertiary alicyclic amines) is 1. The number of nitrogens with one attached hydrogen (secondary N) is 4. The summed E-state index contributed by atoms with van der Waals surface area (Å²) in [6, 6.07) is 28.9. The lowest BCUT2D eigenvalue weighted by atomic mass is 10.0. The molecule has 5 N–H and O–H groups in total. The van der Waals surface area contributed by atoms with Gasteiger partial charge in [-0.15, -0.1) is 0 Å². The van der Waals surface area contributed by atoms with E-state index >= 15 is 0 Å². The Hall–Kier alpha value is -4.97. The Morgan fingerprint density at radius 3 is 2.46 bits per heavy atom. The smallest absolute Gasteiger partial charge is 0.411 e. The van der Waals surface area contributed by atoms with Crippen LogP contribution in [0.5, 0.6) is 5.75 Å². The first-order chi connectivity index (χ1) is 23.4. The molecule has 0 bridgehead atoms. The van der Waals surface area contributed by atoms with Gasteiger partial charge in [0.1, 0.15) is 17.4 Å². The summed E-state index contributed by atoms with van der Waals surface area (Å²) in [6.45, 7) is 3.54. The van der Waals surface area contributed by atoms with Gasteiger partial charge in [-0.2, -0.15) is 0 Å². The summed E-state index contributed by atoms with van der Waals surface area (Å²) in [7, 11) is 0. The number of phenolic OH excluding ortho intramolecular Hbond substituents is 1. The number of ether oxygens (including phenoxy) is 1. The lowest BCUT2D eigenvalue weighted by Crippen LogP contribution is -2.39. The van der Waals surface area contributed by atoms with Crippen molar-refractivity contribution in [3.05, 3.63) is 112 Å². The van der Waals surface area contributed by atoms with E-state index in [1.54, 1.807) is 6.07 Å². The number of fused-ring (bicyclic) bond motifs is 1. The van der Waals surface area contributed by atoms with Crippen LogP contribution in [-0.2, 0) is 22.5 Å². The number of hydrogen-bond acceptors (Lipinski definition) is 8. The molecule has 1 saturated heterocycles. The minimum Gasteiger partial charge on any atom is -0.506 e. The van der Waals surface area contributed by atoms with Crippen LogP contribution in [0.4, 0.5) is 16.2 Å². The average molecular weight is 666 g/mol. The normalized spacial score (nSPS) is 13.8. The van der Waals surface area contributed by atoms with E-state index in [4.69, 9.17) is 4.74 Å². The number of amides is 2. The van der Waals surface area contributed by atoms with Crippen LogP contribution in [0, 0.1) is 0 Å². The summed E-state index contributed by atoms with van der Waals surface area (Å²) in [5, 5.41) is 19.3. The third-order valence-electron chi connectivity index (χ3n) is 8.49. The zero-order chi connectivity index (χ0) is 33.3. The quantitative estimate of drug-likeness (QED) is 0.0983. The molecule has 0 unspecified atom stereocenters. The van der Waals surface area contributed by atoms with Crippen LogP contribution < -0.4 is 20.8 Å². The molecule has 0 radical (unpaired) electrons. The Morgan fingerprint density at radius 2 is 1.67 bits per heavy atom. The molecule has 6 rings (SSSR count). The van der Waals surface area contributed by atoms with Gasteiger partial charge in [0.15, 0.2) is 0 Å². The fourth-order valence-corrected chi connectivity index (χ4v) is 6.82. The molecule has 4 aromatic carbocycles. The number of phenols is 1. The second-order valence-electron chi connectivity index (χ2n) is 11.9. The van der Waals surface area contributed by atoms with Crippen LogP contribution >= 0.6 is 11.3 Å². The topological polar surface area (TPSA) is 136 Å². The van der Waals surface area contributed by atoms with Gasteiger partial charge in [0.05, 0.1) is 10.4 Å². The Morgan fingerprint density at radius 1 is 0.917 bits per heavy atom. The molecule has 11 heteroatoms. The third-order valence-corrected chi connectivity index (χ3v) is 9.45. The molecule has 0 saturated carbocycles. The van der Waals surface area contributed by atoms with Crippen LogP contribution in [0.2, 0.25) is 0 Å². The molecule has 5 aromatic rings. The Balaban J connectivity index is 0.871. The van der Waals surface area contributed by atoms with Gasteiger partial charge >= 0.3 is 11.0 Å². The molecule has 2 heterocycles. The number of nitrogens with zero attached hydrogens (tertiary/aromatic N) is 1. The Labute approximate surface area is 282 Å². The minimum absolute atomic E-state index is 0.0389. The van der Waals surface area contributed by atoms with Crippen molar-refractivity contribution in [2.45, 2.75) is 38.3 Å². The molecule has 1 aliphatic heterocycles. The molecule has 1 aromatic heterocycles. The number of para-hydroxylation sites is 1. The lowest BCUT2D eigenvalue weighted by Gasteiger charge is -2.31. The van der Waals surface area contributed by atoms with Crippen molar-refractivity contribution in [3.63, 3.8) is 0 Å². The molecule has 0 atom stereocenters. The van der Waals surface area contributed by atoms with Crippen molar-refractivity contribution in [1.29, 1.82) is 0 Å². The number of piperidine rings is 1. The Bertz CT molecular complexity index is 1900. The second-order valence-corrected chi connectivity index (χ2v) is 12.9. The highest BCUT2D eigenvalue weighted by Crippen LogP contribution is 2.29. The number of aromatic nitrogens is 1. The third kappa shape index (κ3) is 8.68. The van der Waals surface area contributed by atoms with Crippen LogP contribution in [0.3, 0.4) is 0 Å². The number of aromatic hydroxyl groups is 1. The van der Waals surface area contributed by atoms with Crippen molar-refractivity contribution in [3.8, 4) is 16.9 Å². The van der Waals surface area contributed by atoms with Gasteiger partial charge in [0, 0.05) is 43.9 Å². The summed E-state index contributed by atoms with van der Waals surface area (Å²) in [6.07, 6.45) is 1.93. The fraction of sp³-hybridized carbons (Fsp3) is 0.270. The molecule has 1 aliphatic rings. The van der Waals surface area contributed by atoms with Gasteiger partial charge < -0.3 is 30.4 Å². The van der Waals surface area contributed by atoms with E-state index in [1.807, 2.05) is 84.9 Å².